The molecule has 0 aromatic carbocycles. The number of ether oxygens (including phenoxy) is 2. The predicted octanol–water partition coefficient (Wildman–Crippen LogP) is 2.59. The fourth-order valence-electron chi connectivity index (χ4n) is 4.52. The second kappa shape index (κ2) is 5.21. The van der Waals surface area contributed by atoms with E-state index in [-0.39, 0.29) is 11.8 Å². The van der Waals surface area contributed by atoms with Crippen molar-refractivity contribution in [2.24, 2.45) is 29.6 Å². The van der Waals surface area contributed by atoms with Crippen LogP contribution in [0, 0.1) is 29.6 Å². The molecule has 0 radical (unpaired) electrons. The van der Waals surface area contributed by atoms with E-state index < -0.39 is 18.4 Å². The zero-order valence-electron chi connectivity index (χ0n) is 12.5. The molecule has 1 saturated carbocycles. The molecule has 3 fully saturated rings. The first-order valence-electron chi connectivity index (χ1n) is 7.79. The Morgan fingerprint density at radius 2 is 1.90 bits per heavy atom. The summed E-state index contributed by atoms with van der Waals surface area (Å²) in [5.41, 5.74) is 0. The molecule has 3 aliphatic rings. The van der Waals surface area contributed by atoms with Gasteiger partial charge < -0.3 is 14.6 Å². The summed E-state index contributed by atoms with van der Waals surface area (Å²) in [4.78, 5) is 4.57. The number of aliphatic hydroxyl groups is 1. The van der Waals surface area contributed by atoms with E-state index >= 15 is 0 Å². The molecule has 0 spiro atoms. The minimum atomic E-state index is -1.04. The van der Waals surface area contributed by atoms with Gasteiger partial charge in [-0.1, -0.05) is 20.3 Å². The second-order valence-electron chi connectivity index (χ2n) is 7.10. The molecule has 0 aromatic heterocycles. The minimum absolute atomic E-state index is 0.134. The van der Waals surface area contributed by atoms with E-state index in [1.165, 1.54) is 6.42 Å². The van der Waals surface area contributed by atoms with Crippen LogP contribution in [-0.2, 0) is 14.4 Å². The second-order valence-corrected chi connectivity index (χ2v) is 7.10. The molecule has 8 atom stereocenters. The predicted molar refractivity (Wildman–Crippen MR) is 71.3 cm³/mol. The van der Waals surface area contributed by atoms with Crippen molar-refractivity contribution in [1.29, 1.82) is 0 Å². The van der Waals surface area contributed by atoms with E-state index in [0.29, 0.717) is 24.2 Å². The lowest BCUT2D eigenvalue weighted by Gasteiger charge is -2.51. The molecule has 2 saturated heterocycles. The van der Waals surface area contributed by atoms with Gasteiger partial charge in [-0.25, -0.2) is 10.1 Å². The van der Waals surface area contributed by atoms with Crippen LogP contribution in [-0.4, -0.2) is 28.7 Å². The average molecular weight is 286 g/mol. The zero-order chi connectivity index (χ0) is 14.5. The summed E-state index contributed by atoms with van der Waals surface area (Å²) in [5.74, 6) is 0.932. The van der Waals surface area contributed by atoms with Crippen LogP contribution < -0.4 is 0 Å². The van der Waals surface area contributed by atoms with Gasteiger partial charge in [0.25, 0.3) is 0 Å². The summed E-state index contributed by atoms with van der Waals surface area (Å²) in [6, 6.07) is 0. The van der Waals surface area contributed by atoms with E-state index in [1.807, 2.05) is 0 Å². The third-order valence-electron chi connectivity index (χ3n) is 5.88. The third kappa shape index (κ3) is 2.29. The first-order chi connectivity index (χ1) is 9.45. The quantitative estimate of drug-likeness (QED) is 0.573. The van der Waals surface area contributed by atoms with Crippen molar-refractivity contribution in [3.05, 3.63) is 0 Å². The van der Waals surface area contributed by atoms with Crippen LogP contribution in [0.25, 0.3) is 0 Å². The van der Waals surface area contributed by atoms with E-state index in [9.17, 15) is 5.11 Å². The Morgan fingerprint density at radius 3 is 2.60 bits per heavy atom. The molecule has 1 aliphatic carbocycles. The first-order valence-corrected chi connectivity index (χ1v) is 7.79. The molecule has 0 aromatic rings. The maximum Gasteiger partial charge on any atom is 0.201 e. The van der Waals surface area contributed by atoms with Crippen molar-refractivity contribution in [2.45, 2.75) is 64.8 Å². The summed E-state index contributed by atoms with van der Waals surface area (Å²) in [5, 5.41) is 19.3. The Morgan fingerprint density at radius 1 is 1.15 bits per heavy atom. The molecule has 5 heteroatoms. The topological polar surface area (TPSA) is 68.2 Å². The van der Waals surface area contributed by atoms with Gasteiger partial charge >= 0.3 is 0 Å². The summed E-state index contributed by atoms with van der Waals surface area (Å²) in [6.07, 6.45) is 2.62. The Hall–Kier alpha value is -0.200. The summed E-state index contributed by atoms with van der Waals surface area (Å²) in [7, 11) is 0. The van der Waals surface area contributed by atoms with Gasteiger partial charge in [0, 0.05) is 18.3 Å². The maximum atomic E-state index is 10.1. The number of aliphatic hydroxyl groups excluding tert-OH is 1. The van der Waals surface area contributed by atoms with Crippen molar-refractivity contribution in [2.75, 3.05) is 0 Å². The van der Waals surface area contributed by atoms with Gasteiger partial charge in [0.15, 0.2) is 12.6 Å². The number of rotatable bonds is 1. The van der Waals surface area contributed by atoms with Crippen molar-refractivity contribution in [1.82, 2.24) is 0 Å². The summed E-state index contributed by atoms with van der Waals surface area (Å²) in [6.45, 7) is 6.08. The monoisotopic (exact) mass is 286 g/mol. The van der Waals surface area contributed by atoms with Gasteiger partial charge in [-0.2, -0.15) is 0 Å². The van der Waals surface area contributed by atoms with Crippen molar-refractivity contribution < 1.29 is 24.7 Å². The van der Waals surface area contributed by atoms with Crippen LogP contribution in [0.3, 0.4) is 0 Å². The highest BCUT2D eigenvalue weighted by atomic mass is 17.1. The highest BCUT2D eigenvalue weighted by molar-refractivity contribution is 4.95. The van der Waals surface area contributed by atoms with Crippen molar-refractivity contribution >= 4 is 0 Å². The largest absolute Gasteiger partial charge is 0.368 e. The SMILES string of the molecule is C[C@@H]1CC[C@@H]2C3[C@H](OC(O)[C@@H]2C)O[C@@](C)(OO)CC[C@H]31. The lowest BCUT2D eigenvalue weighted by Crippen LogP contribution is -2.53. The van der Waals surface area contributed by atoms with Gasteiger partial charge in [-0.15, -0.1) is 0 Å². The first kappa shape index (κ1) is 14.7. The minimum Gasteiger partial charge on any atom is -0.368 e. The fraction of sp³-hybridized carbons (Fsp3) is 1.00. The molecule has 3 rings (SSSR count). The Balaban J connectivity index is 1.92. The van der Waals surface area contributed by atoms with Crippen molar-refractivity contribution in [3.8, 4) is 0 Å². The normalized spacial score (nSPS) is 56.0. The Bertz CT molecular complexity index is 362. The highest BCUT2D eigenvalue weighted by Crippen LogP contribution is 2.53. The molecule has 2 N–H and O–H groups in total. The molecule has 2 aliphatic heterocycles. The Kier molecular flexibility index (Phi) is 3.84. The maximum absolute atomic E-state index is 10.1. The standard InChI is InChI=1S/C15H26O5/c1-8-4-5-11-9(2)13(16)18-14-12(11)10(8)6-7-15(3,19-14)20-17/h8-14,16-17H,4-7H2,1-3H3/t8-,9-,10+,11+,12?,13?,14-,15+/m1/s1. The van der Waals surface area contributed by atoms with Crippen LogP contribution in [0.5, 0.6) is 0 Å². The summed E-state index contributed by atoms with van der Waals surface area (Å²) >= 11 is 0. The molecule has 0 bridgehead atoms. The smallest absolute Gasteiger partial charge is 0.201 e. The lowest BCUT2D eigenvalue weighted by atomic mass is 9.61. The van der Waals surface area contributed by atoms with Gasteiger partial charge in [0.2, 0.25) is 5.79 Å². The molecule has 2 heterocycles. The molecular formula is C15H26O5. The van der Waals surface area contributed by atoms with Crippen LogP contribution in [0.1, 0.15) is 46.5 Å². The highest BCUT2D eigenvalue weighted by Gasteiger charge is 2.54. The molecule has 2 unspecified atom stereocenters. The molecular weight excluding hydrogens is 260 g/mol. The van der Waals surface area contributed by atoms with E-state index in [0.717, 1.165) is 12.8 Å². The third-order valence-corrected chi connectivity index (χ3v) is 5.88. The van der Waals surface area contributed by atoms with Crippen molar-refractivity contribution in [3.63, 3.8) is 0 Å². The van der Waals surface area contributed by atoms with E-state index in [4.69, 9.17) is 14.7 Å². The molecule has 0 amide bonds. The Labute approximate surface area is 120 Å². The van der Waals surface area contributed by atoms with Crippen LogP contribution >= 0.6 is 0 Å². The van der Waals surface area contributed by atoms with Gasteiger partial charge in [-0.3, -0.25) is 0 Å². The average Bonchev–Trinajstić information content (AvgIpc) is 2.57. The molecule has 5 nitrogen and oxygen atoms in total. The van der Waals surface area contributed by atoms with E-state index in [1.54, 1.807) is 6.92 Å². The number of hydrogen-bond acceptors (Lipinski definition) is 5. The summed E-state index contributed by atoms with van der Waals surface area (Å²) < 4.78 is 11.6. The van der Waals surface area contributed by atoms with E-state index in [2.05, 4.69) is 18.7 Å². The van der Waals surface area contributed by atoms with Crippen LogP contribution in [0.4, 0.5) is 0 Å². The van der Waals surface area contributed by atoms with Crippen LogP contribution in [0.2, 0.25) is 0 Å². The van der Waals surface area contributed by atoms with Crippen LogP contribution in [0.15, 0.2) is 0 Å². The van der Waals surface area contributed by atoms with Gasteiger partial charge in [-0.05, 0) is 37.5 Å². The van der Waals surface area contributed by atoms with Gasteiger partial charge in [0.1, 0.15) is 0 Å². The fourth-order valence-corrected chi connectivity index (χ4v) is 4.52. The molecule has 116 valence electrons. The number of hydrogen-bond donors (Lipinski definition) is 2. The lowest BCUT2D eigenvalue weighted by molar-refractivity contribution is -0.442. The van der Waals surface area contributed by atoms with Gasteiger partial charge in [0.05, 0.1) is 0 Å². The molecule has 20 heavy (non-hydrogen) atoms. The zero-order valence-corrected chi connectivity index (χ0v) is 12.5.